The van der Waals surface area contributed by atoms with Gasteiger partial charge in [0.2, 0.25) is 0 Å². The molecule has 0 unspecified atom stereocenters. The molecule has 1 aromatic heterocycles. The van der Waals surface area contributed by atoms with Gasteiger partial charge in [0.15, 0.2) is 5.78 Å². The van der Waals surface area contributed by atoms with E-state index in [2.05, 4.69) is 5.32 Å². The standard InChI is InChI=1S/C19H14N2O4S2/c22-17(13-4-1-6-15(10-13)21(24)25)12-27-16-7-2-5-14(11-16)20-19(23)18-8-3-9-26-18/h1-11H,12H2,(H,20,23). The molecule has 0 bridgehead atoms. The fraction of sp³-hybridized carbons (Fsp3) is 0.0526. The molecule has 2 aromatic carbocycles. The van der Waals surface area contributed by atoms with Crippen LogP contribution < -0.4 is 5.32 Å². The molecule has 0 aliphatic heterocycles. The first-order chi connectivity index (χ1) is 13.0. The molecule has 0 spiro atoms. The maximum absolute atomic E-state index is 12.3. The van der Waals surface area contributed by atoms with Crippen LogP contribution in [0.15, 0.2) is 70.9 Å². The van der Waals surface area contributed by atoms with Crippen LogP contribution in [0.25, 0.3) is 0 Å². The van der Waals surface area contributed by atoms with Crippen molar-refractivity contribution in [3.63, 3.8) is 0 Å². The number of nitro groups is 1. The Hall–Kier alpha value is -2.97. The van der Waals surface area contributed by atoms with E-state index < -0.39 is 4.92 Å². The molecule has 0 saturated heterocycles. The first kappa shape index (κ1) is 18.8. The SMILES string of the molecule is O=C(CSc1cccc(NC(=O)c2cccs2)c1)c1cccc([N+](=O)[O-])c1. The van der Waals surface area contributed by atoms with Gasteiger partial charge < -0.3 is 5.32 Å². The van der Waals surface area contributed by atoms with Gasteiger partial charge in [0, 0.05) is 28.3 Å². The van der Waals surface area contributed by atoms with Crippen molar-refractivity contribution in [1.82, 2.24) is 0 Å². The van der Waals surface area contributed by atoms with Crippen LogP contribution in [0.5, 0.6) is 0 Å². The summed E-state index contributed by atoms with van der Waals surface area (Å²) in [7, 11) is 0. The molecule has 1 amide bonds. The van der Waals surface area contributed by atoms with Gasteiger partial charge in [0.1, 0.15) is 0 Å². The lowest BCUT2D eigenvalue weighted by atomic mass is 10.1. The van der Waals surface area contributed by atoms with Crippen molar-refractivity contribution in [2.45, 2.75) is 4.90 Å². The van der Waals surface area contributed by atoms with E-state index in [1.165, 1.54) is 41.3 Å². The number of ketones is 1. The number of amides is 1. The van der Waals surface area contributed by atoms with E-state index in [-0.39, 0.29) is 23.1 Å². The average molecular weight is 398 g/mol. The number of rotatable bonds is 7. The lowest BCUT2D eigenvalue weighted by molar-refractivity contribution is -0.384. The molecule has 1 heterocycles. The summed E-state index contributed by atoms with van der Waals surface area (Å²) in [5, 5.41) is 15.5. The summed E-state index contributed by atoms with van der Waals surface area (Å²) in [5.74, 6) is -0.236. The molecular weight excluding hydrogens is 384 g/mol. The topological polar surface area (TPSA) is 89.3 Å². The fourth-order valence-electron chi connectivity index (χ4n) is 2.29. The zero-order valence-corrected chi connectivity index (χ0v) is 15.6. The quantitative estimate of drug-likeness (QED) is 0.265. The number of carbonyl (C=O) groups is 2. The van der Waals surface area contributed by atoms with Gasteiger partial charge >= 0.3 is 0 Å². The number of thiophene rings is 1. The highest BCUT2D eigenvalue weighted by atomic mass is 32.2. The molecule has 0 radical (unpaired) electrons. The van der Waals surface area contributed by atoms with Crippen LogP contribution >= 0.6 is 23.1 Å². The Bertz CT molecular complexity index is 987. The monoisotopic (exact) mass is 398 g/mol. The summed E-state index contributed by atoms with van der Waals surface area (Å²) < 4.78 is 0. The van der Waals surface area contributed by atoms with Crippen molar-refractivity contribution >= 4 is 46.2 Å². The summed E-state index contributed by atoms with van der Waals surface area (Å²) in [5.41, 5.74) is 0.837. The highest BCUT2D eigenvalue weighted by Crippen LogP contribution is 2.24. The summed E-state index contributed by atoms with van der Waals surface area (Å²) in [6, 6.07) is 16.4. The Balaban J connectivity index is 1.63. The summed E-state index contributed by atoms with van der Waals surface area (Å²) >= 11 is 2.67. The molecule has 6 nitrogen and oxygen atoms in total. The second kappa shape index (κ2) is 8.61. The summed E-state index contributed by atoms with van der Waals surface area (Å²) in [6.45, 7) is 0. The van der Waals surface area contributed by atoms with E-state index in [4.69, 9.17) is 0 Å². The third-order valence-electron chi connectivity index (χ3n) is 3.59. The molecular formula is C19H14N2O4S2. The van der Waals surface area contributed by atoms with Crippen molar-refractivity contribution in [2.24, 2.45) is 0 Å². The molecule has 136 valence electrons. The number of thioether (sulfide) groups is 1. The van der Waals surface area contributed by atoms with Crippen molar-refractivity contribution < 1.29 is 14.5 Å². The molecule has 3 rings (SSSR count). The first-order valence-corrected chi connectivity index (χ1v) is 9.75. The van der Waals surface area contributed by atoms with Crippen LogP contribution in [0.2, 0.25) is 0 Å². The van der Waals surface area contributed by atoms with Crippen LogP contribution in [0.3, 0.4) is 0 Å². The highest BCUT2D eigenvalue weighted by Gasteiger charge is 2.12. The zero-order chi connectivity index (χ0) is 19.2. The van der Waals surface area contributed by atoms with Crippen LogP contribution in [-0.2, 0) is 0 Å². The van der Waals surface area contributed by atoms with E-state index in [9.17, 15) is 19.7 Å². The van der Waals surface area contributed by atoms with E-state index in [1.54, 1.807) is 30.3 Å². The summed E-state index contributed by atoms with van der Waals surface area (Å²) in [6.07, 6.45) is 0. The molecule has 0 aliphatic rings. The molecule has 8 heteroatoms. The predicted molar refractivity (Wildman–Crippen MR) is 107 cm³/mol. The van der Waals surface area contributed by atoms with Gasteiger partial charge in [-0.3, -0.25) is 19.7 Å². The number of carbonyl (C=O) groups excluding carboxylic acids is 2. The van der Waals surface area contributed by atoms with Crippen molar-refractivity contribution in [1.29, 1.82) is 0 Å². The van der Waals surface area contributed by atoms with Crippen LogP contribution in [0.1, 0.15) is 20.0 Å². The Morgan fingerprint density at radius 2 is 1.89 bits per heavy atom. The zero-order valence-electron chi connectivity index (χ0n) is 14.0. The molecule has 0 atom stereocenters. The minimum atomic E-state index is -0.524. The van der Waals surface area contributed by atoms with E-state index in [1.807, 2.05) is 17.5 Å². The number of benzene rings is 2. The van der Waals surface area contributed by atoms with Gasteiger partial charge in [-0.2, -0.15) is 0 Å². The van der Waals surface area contributed by atoms with Crippen molar-refractivity contribution in [3.05, 3.63) is 86.6 Å². The summed E-state index contributed by atoms with van der Waals surface area (Å²) in [4.78, 5) is 36.1. The second-order valence-electron chi connectivity index (χ2n) is 5.48. The van der Waals surface area contributed by atoms with E-state index in [0.717, 1.165) is 4.90 Å². The molecule has 27 heavy (non-hydrogen) atoms. The van der Waals surface area contributed by atoms with E-state index >= 15 is 0 Å². The third-order valence-corrected chi connectivity index (χ3v) is 5.45. The van der Waals surface area contributed by atoms with Crippen LogP contribution in [0.4, 0.5) is 11.4 Å². The first-order valence-electron chi connectivity index (χ1n) is 7.88. The van der Waals surface area contributed by atoms with Gasteiger partial charge in [-0.25, -0.2) is 0 Å². The molecule has 0 aliphatic carbocycles. The lowest BCUT2D eigenvalue weighted by Crippen LogP contribution is -2.10. The van der Waals surface area contributed by atoms with Crippen molar-refractivity contribution in [3.8, 4) is 0 Å². The Labute approximate surface area is 163 Å². The van der Waals surface area contributed by atoms with Crippen LogP contribution in [0, 0.1) is 10.1 Å². The van der Waals surface area contributed by atoms with E-state index in [0.29, 0.717) is 16.1 Å². The number of nitrogens with one attached hydrogen (secondary N) is 1. The van der Waals surface area contributed by atoms with Gasteiger partial charge in [-0.15, -0.1) is 23.1 Å². The average Bonchev–Trinajstić information content (AvgIpc) is 3.21. The highest BCUT2D eigenvalue weighted by molar-refractivity contribution is 8.00. The minimum Gasteiger partial charge on any atom is -0.321 e. The Morgan fingerprint density at radius 3 is 2.63 bits per heavy atom. The van der Waals surface area contributed by atoms with Crippen molar-refractivity contribution in [2.75, 3.05) is 11.1 Å². The number of hydrogen-bond acceptors (Lipinski definition) is 6. The molecule has 0 fully saturated rings. The fourth-order valence-corrected chi connectivity index (χ4v) is 3.76. The van der Waals surface area contributed by atoms with Gasteiger partial charge in [-0.1, -0.05) is 24.3 Å². The molecule has 0 saturated carbocycles. The molecule has 3 aromatic rings. The normalized spacial score (nSPS) is 10.4. The Morgan fingerprint density at radius 1 is 1.07 bits per heavy atom. The number of non-ortho nitro benzene ring substituents is 1. The maximum Gasteiger partial charge on any atom is 0.270 e. The second-order valence-corrected chi connectivity index (χ2v) is 7.47. The van der Waals surface area contributed by atoms with Gasteiger partial charge in [-0.05, 0) is 29.6 Å². The number of nitrogens with zero attached hydrogens (tertiary/aromatic N) is 1. The smallest absolute Gasteiger partial charge is 0.270 e. The number of anilines is 1. The lowest BCUT2D eigenvalue weighted by Gasteiger charge is -2.06. The molecule has 1 N–H and O–H groups in total. The van der Waals surface area contributed by atoms with Gasteiger partial charge in [0.25, 0.3) is 11.6 Å². The Kier molecular flexibility index (Phi) is 6.00. The van der Waals surface area contributed by atoms with Crippen LogP contribution in [-0.4, -0.2) is 22.4 Å². The largest absolute Gasteiger partial charge is 0.321 e. The number of hydrogen-bond donors (Lipinski definition) is 1. The number of nitro benzene ring substituents is 1. The number of Topliss-reactive ketones (excluding diaryl/α,β-unsaturated/α-hetero) is 1. The minimum absolute atomic E-state index is 0.107. The maximum atomic E-state index is 12.3. The third kappa shape index (κ3) is 5.02. The van der Waals surface area contributed by atoms with Gasteiger partial charge in [0.05, 0.1) is 15.6 Å². The predicted octanol–water partition coefficient (Wildman–Crippen LogP) is 4.88.